The third-order valence-electron chi connectivity index (χ3n) is 5.11. The van der Waals surface area contributed by atoms with Crippen LogP contribution in [0.1, 0.15) is 32.4 Å². The van der Waals surface area contributed by atoms with Crippen LogP contribution in [0.2, 0.25) is 0 Å². The van der Waals surface area contributed by atoms with Gasteiger partial charge in [-0.2, -0.15) is 0 Å². The summed E-state index contributed by atoms with van der Waals surface area (Å²) in [5.41, 5.74) is 1.33. The van der Waals surface area contributed by atoms with Crippen molar-refractivity contribution in [1.82, 2.24) is 20.4 Å². The maximum Gasteiger partial charge on any atom is 0.191 e. The molecule has 1 aromatic carbocycles. The largest absolute Gasteiger partial charge is 0.379 e. The molecule has 6 nitrogen and oxygen atoms in total. The molecule has 1 aliphatic heterocycles. The van der Waals surface area contributed by atoms with Crippen molar-refractivity contribution in [3.8, 4) is 0 Å². The Bertz CT molecular complexity index is 567. The quantitative estimate of drug-likeness (QED) is 0.537. The first-order valence-electron chi connectivity index (χ1n) is 10.0. The summed E-state index contributed by atoms with van der Waals surface area (Å²) in [4.78, 5) is 9.59. The molecule has 2 N–H and O–H groups in total. The Kier molecular flexibility index (Phi) is 8.54. The number of likely N-dealkylation sites (N-methyl/N-ethyl adjacent to an activating group) is 1. The molecule has 1 aliphatic rings. The van der Waals surface area contributed by atoms with Crippen molar-refractivity contribution >= 4 is 5.96 Å². The highest BCUT2D eigenvalue weighted by atomic mass is 16.5. The second kappa shape index (κ2) is 10.6. The number of guanidine groups is 1. The van der Waals surface area contributed by atoms with Crippen LogP contribution in [-0.2, 0) is 4.74 Å². The Morgan fingerprint density at radius 1 is 1.19 bits per heavy atom. The molecule has 27 heavy (non-hydrogen) atoms. The number of rotatable bonds is 8. The van der Waals surface area contributed by atoms with Crippen LogP contribution in [0, 0.1) is 0 Å². The summed E-state index contributed by atoms with van der Waals surface area (Å²) in [6, 6.07) is 10.9. The molecule has 0 bridgehead atoms. The summed E-state index contributed by atoms with van der Waals surface area (Å²) < 4.78 is 5.48. The van der Waals surface area contributed by atoms with Crippen LogP contribution in [-0.4, -0.2) is 81.3 Å². The van der Waals surface area contributed by atoms with Crippen LogP contribution in [0.25, 0.3) is 0 Å². The standard InChI is InChI=1S/C21H37N5O/c1-6-22-20(24-17-21(2,3)26-12-14-27-15-13-26)23-16-19(25(4)5)18-10-8-7-9-11-18/h7-11,19H,6,12-17H2,1-5H3,(H2,22,23,24). The first-order chi connectivity index (χ1) is 12.9. The SMILES string of the molecule is CCNC(=NCC(C)(C)N1CCOCC1)NCC(c1ccccc1)N(C)C. The van der Waals surface area contributed by atoms with Crippen LogP contribution in [0.15, 0.2) is 35.3 Å². The minimum absolute atomic E-state index is 0.0203. The maximum atomic E-state index is 5.48. The molecule has 0 aromatic heterocycles. The van der Waals surface area contributed by atoms with Gasteiger partial charge in [0.1, 0.15) is 0 Å². The van der Waals surface area contributed by atoms with E-state index in [-0.39, 0.29) is 5.54 Å². The fourth-order valence-electron chi connectivity index (χ4n) is 3.35. The van der Waals surface area contributed by atoms with E-state index in [0.717, 1.165) is 51.9 Å². The first kappa shape index (κ1) is 21.7. The highest BCUT2D eigenvalue weighted by Crippen LogP contribution is 2.18. The van der Waals surface area contributed by atoms with E-state index in [2.05, 4.69) is 85.6 Å². The van der Waals surface area contributed by atoms with Crippen LogP contribution in [0.5, 0.6) is 0 Å². The molecular weight excluding hydrogens is 338 g/mol. The van der Waals surface area contributed by atoms with Gasteiger partial charge >= 0.3 is 0 Å². The van der Waals surface area contributed by atoms with Crippen LogP contribution >= 0.6 is 0 Å². The summed E-state index contributed by atoms with van der Waals surface area (Å²) in [6.45, 7) is 12.6. The van der Waals surface area contributed by atoms with E-state index in [1.54, 1.807) is 0 Å². The van der Waals surface area contributed by atoms with Gasteiger partial charge in [0.25, 0.3) is 0 Å². The lowest BCUT2D eigenvalue weighted by Crippen LogP contribution is -2.52. The van der Waals surface area contributed by atoms with E-state index >= 15 is 0 Å². The van der Waals surface area contributed by atoms with E-state index in [0.29, 0.717) is 6.04 Å². The molecule has 1 atom stereocenters. The Balaban J connectivity index is 1.99. The van der Waals surface area contributed by atoms with Gasteiger partial charge in [-0.05, 0) is 40.4 Å². The molecule has 152 valence electrons. The summed E-state index contributed by atoms with van der Waals surface area (Å²) >= 11 is 0. The van der Waals surface area contributed by atoms with Gasteiger partial charge in [-0.3, -0.25) is 9.89 Å². The summed E-state index contributed by atoms with van der Waals surface area (Å²) in [5, 5.41) is 6.91. The molecule has 1 aromatic rings. The van der Waals surface area contributed by atoms with E-state index in [9.17, 15) is 0 Å². The minimum atomic E-state index is 0.0203. The molecule has 1 fully saturated rings. The molecule has 0 aliphatic carbocycles. The normalized spacial score (nSPS) is 17.8. The third-order valence-corrected chi connectivity index (χ3v) is 5.11. The number of benzene rings is 1. The predicted octanol–water partition coefficient (Wildman–Crippen LogP) is 1.96. The van der Waals surface area contributed by atoms with Gasteiger partial charge in [-0.25, -0.2) is 0 Å². The highest BCUT2D eigenvalue weighted by Gasteiger charge is 2.28. The number of nitrogens with zero attached hydrogens (tertiary/aromatic N) is 3. The van der Waals surface area contributed by atoms with Crippen LogP contribution in [0.4, 0.5) is 0 Å². The van der Waals surface area contributed by atoms with Gasteiger partial charge < -0.3 is 20.3 Å². The number of hydrogen-bond donors (Lipinski definition) is 2. The second-order valence-electron chi connectivity index (χ2n) is 7.88. The van der Waals surface area contributed by atoms with Crippen molar-refractivity contribution in [2.24, 2.45) is 4.99 Å². The molecule has 0 saturated carbocycles. The fourth-order valence-corrected chi connectivity index (χ4v) is 3.35. The lowest BCUT2D eigenvalue weighted by Gasteiger charge is -2.40. The van der Waals surface area contributed by atoms with Crippen molar-refractivity contribution in [2.45, 2.75) is 32.4 Å². The summed E-state index contributed by atoms with van der Waals surface area (Å²) in [5.74, 6) is 0.876. The average molecular weight is 376 g/mol. The molecular formula is C21H37N5O. The topological polar surface area (TPSA) is 52.1 Å². The molecule has 1 saturated heterocycles. The molecule has 0 amide bonds. The number of morpholine rings is 1. The Morgan fingerprint density at radius 2 is 1.85 bits per heavy atom. The molecule has 1 heterocycles. The van der Waals surface area contributed by atoms with Crippen molar-refractivity contribution in [2.75, 3.05) is 60.0 Å². The lowest BCUT2D eigenvalue weighted by atomic mass is 10.0. The van der Waals surface area contributed by atoms with Crippen molar-refractivity contribution in [1.29, 1.82) is 0 Å². The maximum absolute atomic E-state index is 5.48. The monoisotopic (exact) mass is 375 g/mol. The second-order valence-corrected chi connectivity index (χ2v) is 7.88. The number of nitrogens with one attached hydrogen (secondary N) is 2. The van der Waals surface area contributed by atoms with Crippen LogP contribution in [0.3, 0.4) is 0 Å². The van der Waals surface area contributed by atoms with Crippen molar-refractivity contribution in [3.05, 3.63) is 35.9 Å². The summed E-state index contributed by atoms with van der Waals surface area (Å²) in [7, 11) is 4.23. The number of hydrogen-bond acceptors (Lipinski definition) is 4. The Hall–Kier alpha value is -1.63. The highest BCUT2D eigenvalue weighted by molar-refractivity contribution is 5.79. The average Bonchev–Trinajstić information content (AvgIpc) is 2.67. The van der Waals surface area contributed by atoms with E-state index in [1.165, 1.54) is 5.56 Å². The fraction of sp³-hybridized carbons (Fsp3) is 0.667. The van der Waals surface area contributed by atoms with Crippen molar-refractivity contribution < 1.29 is 4.74 Å². The smallest absolute Gasteiger partial charge is 0.191 e. The van der Waals surface area contributed by atoms with Gasteiger partial charge in [-0.1, -0.05) is 30.3 Å². The van der Waals surface area contributed by atoms with Gasteiger partial charge in [-0.15, -0.1) is 0 Å². The Morgan fingerprint density at radius 3 is 2.44 bits per heavy atom. The van der Waals surface area contributed by atoms with Crippen molar-refractivity contribution in [3.63, 3.8) is 0 Å². The van der Waals surface area contributed by atoms with E-state index in [4.69, 9.17) is 9.73 Å². The Labute approximate surface area is 165 Å². The number of ether oxygens (including phenoxy) is 1. The predicted molar refractivity (Wildman–Crippen MR) is 113 cm³/mol. The third kappa shape index (κ3) is 6.79. The van der Waals surface area contributed by atoms with Gasteiger partial charge in [0.15, 0.2) is 5.96 Å². The van der Waals surface area contributed by atoms with E-state index in [1.807, 2.05) is 0 Å². The van der Waals surface area contributed by atoms with Gasteiger partial charge in [0.05, 0.1) is 25.8 Å². The summed E-state index contributed by atoms with van der Waals surface area (Å²) in [6.07, 6.45) is 0. The van der Waals surface area contributed by atoms with Crippen LogP contribution < -0.4 is 10.6 Å². The molecule has 2 rings (SSSR count). The molecule has 6 heteroatoms. The molecule has 1 unspecified atom stereocenters. The van der Waals surface area contributed by atoms with Gasteiger partial charge in [0.2, 0.25) is 0 Å². The molecule has 0 radical (unpaired) electrons. The zero-order chi connectivity index (χ0) is 19.7. The zero-order valence-corrected chi connectivity index (χ0v) is 17.7. The van der Waals surface area contributed by atoms with Gasteiger partial charge in [0, 0.05) is 31.7 Å². The van der Waals surface area contributed by atoms with E-state index < -0.39 is 0 Å². The first-order valence-corrected chi connectivity index (χ1v) is 10.0. The zero-order valence-electron chi connectivity index (χ0n) is 17.7. The number of aliphatic imine (C=N–C) groups is 1. The molecule has 0 spiro atoms. The lowest BCUT2D eigenvalue weighted by molar-refractivity contribution is -0.00684. The minimum Gasteiger partial charge on any atom is -0.379 e.